The SMILES string of the molecule is CCC(Oc1ccc(C)cc1N)S(=O)(=O)O. The molecule has 1 aromatic carbocycles. The van der Waals surface area contributed by atoms with Crippen molar-refractivity contribution in [2.75, 3.05) is 5.73 Å². The molecule has 16 heavy (non-hydrogen) atoms. The van der Waals surface area contributed by atoms with E-state index in [2.05, 4.69) is 0 Å². The largest absolute Gasteiger partial charge is 0.470 e. The first-order valence-electron chi connectivity index (χ1n) is 4.83. The van der Waals surface area contributed by atoms with E-state index in [0.29, 0.717) is 5.69 Å². The maximum Gasteiger partial charge on any atom is 0.303 e. The molecule has 0 spiro atoms. The van der Waals surface area contributed by atoms with Crippen LogP contribution in [0.5, 0.6) is 5.75 Å². The minimum atomic E-state index is -4.22. The Morgan fingerprint density at radius 2 is 2.12 bits per heavy atom. The second-order valence-electron chi connectivity index (χ2n) is 3.51. The quantitative estimate of drug-likeness (QED) is 0.621. The van der Waals surface area contributed by atoms with Gasteiger partial charge < -0.3 is 10.5 Å². The zero-order chi connectivity index (χ0) is 12.3. The molecular weight excluding hydrogens is 230 g/mol. The van der Waals surface area contributed by atoms with Crippen molar-refractivity contribution in [2.24, 2.45) is 0 Å². The number of benzene rings is 1. The molecule has 0 aliphatic heterocycles. The maximum atomic E-state index is 10.9. The lowest BCUT2D eigenvalue weighted by molar-refractivity contribution is 0.254. The molecule has 3 N–H and O–H groups in total. The van der Waals surface area contributed by atoms with Gasteiger partial charge in [-0.15, -0.1) is 0 Å². The van der Waals surface area contributed by atoms with Gasteiger partial charge in [-0.1, -0.05) is 13.0 Å². The Labute approximate surface area is 95.0 Å². The monoisotopic (exact) mass is 245 g/mol. The Bertz CT molecular complexity index is 470. The number of nitrogen functional groups attached to an aromatic ring is 1. The first-order valence-corrected chi connectivity index (χ1v) is 6.34. The highest BCUT2D eigenvalue weighted by atomic mass is 32.2. The van der Waals surface area contributed by atoms with Gasteiger partial charge in [0.2, 0.25) is 5.44 Å². The van der Waals surface area contributed by atoms with Crippen LogP contribution >= 0.6 is 0 Å². The molecule has 0 saturated heterocycles. The van der Waals surface area contributed by atoms with Crippen molar-refractivity contribution in [3.63, 3.8) is 0 Å². The summed E-state index contributed by atoms with van der Waals surface area (Å²) in [6.07, 6.45) is 0.145. The van der Waals surface area contributed by atoms with Crippen LogP contribution in [0.25, 0.3) is 0 Å². The van der Waals surface area contributed by atoms with Crippen LogP contribution < -0.4 is 10.5 Å². The standard InChI is InChI=1S/C10H15NO4S/c1-3-10(16(12,13)14)15-9-5-4-7(2)6-8(9)11/h4-6,10H,3,11H2,1-2H3,(H,12,13,14). The van der Waals surface area contributed by atoms with Gasteiger partial charge in [0, 0.05) is 0 Å². The third-order valence-electron chi connectivity index (χ3n) is 2.09. The molecule has 1 aromatic rings. The van der Waals surface area contributed by atoms with Crippen molar-refractivity contribution in [3.05, 3.63) is 23.8 Å². The zero-order valence-corrected chi connectivity index (χ0v) is 9.99. The fourth-order valence-electron chi connectivity index (χ4n) is 1.27. The molecule has 5 nitrogen and oxygen atoms in total. The molecule has 0 aromatic heterocycles. The number of ether oxygens (including phenoxy) is 1. The van der Waals surface area contributed by atoms with E-state index in [1.807, 2.05) is 6.92 Å². The van der Waals surface area contributed by atoms with Crippen molar-refractivity contribution in [2.45, 2.75) is 25.7 Å². The zero-order valence-electron chi connectivity index (χ0n) is 9.17. The van der Waals surface area contributed by atoms with Crippen molar-refractivity contribution < 1.29 is 17.7 Å². The summed E-state index contributed by atoms with van der Waals surface area (Å²) in [7, 11) is -4.22. The topological polar surface area (TPSA) is 89.6 Å². The lowest BCUT2D eigenvalue weighted by Crippen LogP contribution is -2.26. The molecule has 1 unspecified atom stereocenters. The summed E-state index contributed by atoms with van der Waals surface area (Å²) in [5.41, 5.74) is 5.68. The van der Waals surface area contributed by atoms with Crippen LogP contribution in [0.2, 0.25) is 0 Å². The Kier molecular flexibility index (Phi) is 3.77. The van der Waals surface area contributed by atoms with Crippen LogP contribution in [0.4, 0.5) is 5.69 Å². The molecule has 0 radical (unpaired) electrons. The molecule has 0 amide bonds. The first kappa shape index (κ1) is 12.8. The normalized spacial score (nSPS) is 13.4. The summed E-state index contributed by atoms with van der Waals surface area (Å²) in [5.74, 6) is 0.259. The van der Waals surface area contributed by atoms with Gasteiger partial charge in [-0.3, -0.25) is 4.55 Å². The Balaban J connectivity index is 2.95. The number of hydrogen-bond donors (Lipinski definition) is 2. The van der Waals surface area contributed by atoms with Crippen molar-refractivity contribution in [1.29, 1.82) is 0 Å². The van der Waals surface area contributed by atoms with E-state index >= 15 is 0 Å². The Morgan fingerprint density at radius 3 is 2.56 bits per heavy atom. The molecule has 6 heteroatoms. The van der Waals surface area contributed by atoms with E-state index < -0.39 is 15.6 Å². The average Bonchev–Trinajstić information content (AvgIpc) is 2.14. The smallest absolute Gasteiger partial charge is 0.303 e. The number of hydrogen-bond acceptors (Lipinski definition) is 4. The lowest BCUT2D eigenvalue weighted by atomic mass is 10.2. The Morgan fingerprint density at radius 1 is 1.50 bits per heavy atom. The van der Waals surface area contributed by atoms with Gasteiger partial charge in [-0.25, -0.2) is 0 Å². The molecule has 1 rings (SSSR count). The minimum absolute atomic E-state index is 0.145. The maximum absolute atomic E-state index is 10.9. The van der Waals surface area contributed by atoms with E-state index in [9.17, 15) is 8.42 Å². The summed E-state index contributed by atoms with van der Waals surface area (Å²) in [5, 5.41) is 0. The third-order valence-corrected chi connectivity index (χ3v) is 3.18. The predicted molar refractivity (Wildman–Crippen MR) is 61.8 cm³/mol. The van der Waals surface area contributed by atoms with Crippen molar-refractivity contribution in [1.82, 2.24) is 0 Å². The average molecular weight is 245 g/mol. The number of nitrogens with two attached hydrogens (primary N) is 1. The van der Waals surface area contributed by atoms with Gasteiger partial charge in [0.05, 0.1) is 5.69 Å². The summed E-state index contributed by atoms with van der Waals surface area (Å²) in [6, 6.07) is 5.01. The molecule has 0 fully saturated rings. The van der Waals surface area contributed by atoms with Gasteiger partial charge in [0.15, 0.2) is 0 Å². The van der Waals surface area contributed by atoms with Crippen LogP contribution in [-0.2, 0) is 10.1 Å². The van der Waals surface area contributed by atoms with Crippen LogP contribution in [0.15, 0.2) is 18.2 Å². The van der Waals surface area contributed by atoms with E-state index in [0.717, 1.165) is 5.56 Å². The van der Waals surface area contributed by atoms with Gasteiger partial charge in [0.25, 0.3) is 0 Å². The van der Waals surface area contributed by atoms with Gasteiger partial charge in [-0.2, -0.15) is 8.42 Å². The molecule has 0 aliphatic rings. The second-order valence-corrected chi connectivity index (χ2v) is 5.07. The van der Waals surface area contributed by atoms with Crippen LogP contribution in [0, 0.1) is 6.92 Å². The first-order chi connectivity index (χ1) is 7.34. The van der Waals surface area contributed by atoms with Crippen molar-refractivity contribution in [3.8, 4) is 5.75 Å². The van der Waals surface area contributed by atoms with Crippen molar-refractivity contribution >= 4 is 15.8 Å². The van der Waals surface area contributed by atoms with E-state index in [1.165, 1.54) is 0 Å². The molecular formula is C10H15NO4S. The molecule has 1 atom stereocenters. The molecule has 0 heterocycles. The molecule has 0 bridgehead atoms. The van der Waals surface area contributed by atoms with E-state index in [1.54, 1.807) is 25.1 Å². The van der Waals surface area contributed by atoms with Crippen LogP contribution in [-0.4, -0.2) is 18.4 Å². The fraction of sp³-hybridized carbons (Fsp3) is 0.400. The highest BCUT2D eigenvalue weighted by Crippen LogP contribution is 2.24. The third kappa shape index (κ3) is 3.11. The number of anilines is 1. The molecule has 0 aliphatic carbocycles. The number of rotatable bonds is 4. The van der Waals surface area contributed by atoms with E-state index in [4.69, 9.17) is 15.0 Å². The van der Waals surface area contributed by atoms with Gasteiger partial charge in [0.1, 0.15) is 5.75 Å². The summed E-state index contributed by atoms with van der Waals surface area (Å²) in [4.78, 5) is 0. The highest BCUT2D eigenvalue weighted by Gasteiger charge is 2.23. The summed E-state index contributed by atoms with van der Waals surface area (Å²) < 4.78 is 35.9. The molecule has 0 saturated carbocycles. The second kappa shape index (κ2) is 4.71. The van der Waals surface area contributed by atoms with Gasteiger partial charge in [-0.05, 0) is 31.0 Å². The van der Waals surface area contributed by atoms with Gasteiger partial charge >= 0.3 is 10.1 Å². The van der Waals surface area contributed by atoms with E-state index in [-0.39, 0.29) is 12.2 Å². The Hall–Kier alpha value is -1.27. The minimum Gasteiger partial charge on any atom is -0.470 e. The number of aryl methyl sites for hydroxylation is 1. The summed E-state index contributed by atoms with van der Waals surface area (Å²) in [6.45, 7) is 3.46. The lowest BCUT2D eigenvalue weighted by Gasteiger charge is -2.16. The van der Waals surface area contributed by atoms with Crippen LogP contribution in [0.1, 0.15) is 18.9 Å². The fourth-order valence-corrected chi connectivity index (χ4v) is 1.92. The predicted octanol–water partition coefficient (Wildman–Crippen LogP) is 1.58. The highest BCUT2D eigenvalue weighted by molar-refractivity contribution is 7.86. The van der Waals surface area contributed by atoms with Crippen LogP contribution in [0.3, 0.4) is 0 Å². The molecule has 90 valence electrons. The summed E-state index contributed by atoms with van der Waals surface area (Å²) >= 11 is 0.